The van der Waals surface area contributed by atoms with Gasteiger partial charge >= 0.3 is 0 Å². The van der Waals surface area contributed by atoms with E-state index in [0.29, 0.717) is 31.1 Å². The molecule has 0 aliphatic heterocycles. The van der Waals surface area contributed by atoms with Crippen molar-refractivity contribution >= 4 is 11.5 Å². The Morgan fingerprint density at radius 3 is 2.55 bits per heavy atom. The van der Waals surface area contributed by atoms with E-state index in [1.54, 1.807) is 5.57 Å². The summed E-state index contributed by atoms with van der Waals surface area (Å²) < 4.78 is 0. The standard InChI is InChI=1S/C29H39NO3/c1-28-18-25(19-5-8-21(9-6-19)30(2)3)27-23-12-10-22(32)17-20(23)7-11-24(27)26(28)13-15-29(28,33)14-4-16-31/h5-6,8-9,17,24-26,31,33H,4,7,10-16,18H2,1-3H3/t24-,25+,26-,28?,29+/m0/s1. The van der Waals surface area contributed by atoms with Crippen LogP contribution in [0.3, 0.4) is 0 Å². The Hall–Kier alpha value is -1.91. The largest absolute Gasteiger partial charge is 0.396 e. The molecule has 5 rings (SSSR count). The molecule has 0 aromatic heterocycles. The van der Waals surface area contributed by atoms with Crippen molar-refractivity contribution in [3.63, 3.8) is 0 Å². The van der Waals surface area contributed by atoms with E-state index >= 15 is 0 Å². The van der Waals surface area contributed by atoms with Crippen LogP contribution in [0.4, 0.5) is 5.69 Å². The molecule has 4 heteroatoms. The lowest BCUT2D eigenvalue weighted by molar-refractivity contribution is -0.114. The van der Waals surface area contributed by atoms with Crippen LogP contribution in [0.25, 0.3) is 0 Å². The van der Waals surface area contributed by atoms with Crippen molar-refractivity contribution in [2.45, 2.75) is 76.2 Å². The van der Waals surface area contributed by atoms with E-state index in [1.165, 1.54) is 22.4 Å². The fourth-order valence-corrected chi connectivity index (χ4v) is 7.84. The normalized spacial score (nSPS) is 35.6. The van der Waals surface area contributed by atoms with Crippen LogP contribution >= 0.6 is 0 Å². The van der Waals surface area contributed by atoms with E-state index in [1.807, 2.05) is 6.08 Å². The van der Waals surface area contributed by atoms with Crippen LogP contribution in [0.2, 0.25) is 0 Å². The van der Waals surface area contributed by atoms with Crippen molar-refractivity contribution < 1.29 is 15.0 Å². The van der Waals surface area contributed by atoms with Gasteiger partial charge in [0.1, 0.15) is 0 Å². The number of hydrogen-bond acceptors (Lipinski definition) is 4. The lowest BCUT2D eigenvalue weighted by atomic mass is 9.51. The van der Waals surface area contributed by atoms with Gasteiger partial charge in [0.05, 0.1) is 5.60 Å². The van der Waals surface area contributed by atoms with Crippen molar-refractivity contribution in [3.05, 3.63) is 52.6 Å². The molecule has 4 aliphatic rings. The van der Waals surface area contributed by atoms with E-state index in [2.05, 4.69) is 50.2 Å². The number of allylic oxidation sites excluding steroid dienone is 4. The fraction of sp³-hybridized carbons (Fsp3) is 0.621. The van der Waals surface area contributed by atoms with E-state index in [-0.39, 0.29) is 23.7 Å². The molecule has 2 saturated carbocycles. The number of aliphatic hydroxyl groups excluding tert-OH is 1. The van der Waals surface area contributed by atoms with Gasteiger partial charge in [-0.05, 0) is 98.1 Å². The Balaban J connectivity index is 1.62. The third-order valence-corrected chi connectivity index (χ3v) is 9.62. The summed E-state index contributed by atoms with van der Waals surface area (Å²) in [5.74, 6) is 1.50. The molecular weight excluding hydrogens is 410 g/mol. The second-order valence-corrected chi connectivity index (χ2v) is 11.4. The zero-order chi connectivity index (χ0) is 23.4. The van der Waals surface area contributed by atoms with Gasteiger partial charge < -0.3 is 15.1 Å². The third-order valence-electron chi connectivity index (χ3n) is 9.62. The maximum atomic E-state index is 12.2. The SMILES string of the molecule is CN(C)c1ccc([C@H]2CC3(C)[C@@H](CC[C@]3(O)CCCO)[C@@H]3CCC4=CC(=O)CCC4=C32)cc1. The zero-order valence-electron chi connectivity index (χ0n) is 20.4. The van der Waals surface area contributed by atoms with Crippen molar-refractivity contribution in [1.82, 2.24) is 0 Å². The van der Waals surface area contributed by atoms with Crippen LogP contribution in [0, 0.1) is 17.3 Å². The van der Waals surface area contributed by atoms with Crippen LogP contribution < -0.4 is 4.90 Å². The monoisotopic (exact) mass is 449 g/mol. The topological polar surface area (TPSA) is 60.8 Å². The molecule has 4 aliphatic carbocycles. The Bertz CT molecular complexity index is 991. The first-order valence-electron chi connectivity index (χ1n) is 12.8. The number of carbonyl (C=O) groups is 1. The van der Waals surface area contributed by atoms with Crippen LogP contribution in [-0.4, -0.2) is 42.3 Å². The van der Waals surface area contributed by atoms with Crippen LogP contribution in [0.15, 0.2) is 47.1 Å². The molecule has 5 atom stereocenters. The summed E-state index contributed by atoms with van der Waals surface area (Å²) in [6.07, 6.45) is 9.68. The highest BCUT2D eigenvalue weighted by Gasteiger charge is 2.62. The summed E-state index contributed by atoms with van der Waals surface area (Å²) in [7, 11) is 4.14. The lowest BCUT2D eigenvalue weighted by Crippen LogP contribution is -2.51. The molecule has 0 heterocycles. The minimum absolute atomic E-state index is 0.138. The first-order valence-corrected chi connectivity index (χ1v) is 12.8. The molecular formula is C29H39NO3. The molecule has 1 aromatic carbocycles. The van der Waals surface area contributed by atoms with Gasteiger partial charge in [0.2, 0.25) is 0 Å². The van der Waals surface area contributed by atoms with Gasteiger partial charge in [-0.3, -0.25) is 4.79 Å². The summed E-state index contributed by atoms with van der Waals surface area (Å²) in [5, 5.41) is 21.4. The number of nitrogens with zero attached hydrogens (tertiary/aromatic N) is 1. The van der Waals surface area contributed by atoms with Crippen molar-refractivity contribution in [2.24, 2.45) is 17.3 Å². The van der Waals surface area contributed by atoms with Crippen LogP contribution in [0.1, 0.15) is 76.2 Å². The average molecular weight is 450 g/mol. The summed E-state index contributed by atoms with van der Waals surface area (Å²) in [6.45, 7) is 2.47. The van der Waals surface area contributed by atoms with Gasteiger partial charge in [-0.15, -0.1) is 0 Å². The number of anilines is 1. The Morgan fingerprint density at radius 1 is 1.09 bits per heavy atom. The molecule has 0 amide bonds. The van der Waals surface area contributed by atoms with Gasteiger partial charge in [0.15, 0.2) is 5.78 Å². The quantitative estimate of drug-likeness (QED) is 0.652. The highest BCUT2D eigenvalue weighted by Crippen LogP contribution is 2.67. The van der Waals surface area contributed by atoms with E-state index in [4.69, 9.17) is 0 Å². The number of carbonyl (C=O) groups excluding carboxylic acids is 1. The van der Waals surface area contributed by atoms with Gasteiger partial charge in [0, 0.05) is 44.1 Å². The number of benzene rings is 1. The molecule has 178 valence electrons. The van der Waals surface area contributed by atoms with Gasteiger partial charge in [-0.2, -0.15) is 0 Å². The molecule has 1 unspecified atom stereocenters. The highest BCUT2D eigenvalue weighted by atomic mass is 16.3. The zero-order valence-corrected chi connectivity index (χ0v) is 20.4. The first kappa shape index (κ1) is 22.9. The molecule has 0 spiro atoms. The summed E-state index contributed by atoms with van der Waals surface area (Å²) in [4.78, 5) is 14.3. The van der Waals surface area contributed by atoms with Crippen molar-refractivity contribution in [1.29, 1.82) is 0 Å². The Labute approximate surface area is 198 Å². The van der Waals surface area contributed by atoms with Crippen LogP contribution in [-0.2, 0) is 4.79 Å². The molecule has 2 fully saturated rings. The molecule has 0 radical (unpaired) electrons. The average Bonchev–Trinajstić information content (AvgIpc) is 3.07. The molecule has 0 bridgehead atoms. The molecule has 4 nitrogen and oxygen atoms in total. The van der Waals surface area contributed by atoms with Crippen molar-refractivity contribution in [3.8, 4) is 0 Å². The van der Waals surface area contributed by atoms with E-state index < -0.39 is 5.60 Å². The van der Waals surface area contributed by atoms with Gasteiger partial charge in [-0.1, -0.05) is 24.6 Å². The maximum Gasteiger partial charge on any atom is 0.156 e. The Kier molecular flexibility index (Phi) is 5.81. The van der Waals surface area contributed by atoms with Crippen LogP contribution in [0.5, 0.6) is 0 Å². The third kappa shape index (κ3) is 3.61. The molecule has 1 aromatic rings. The lowest BCUT2D eigenvalue weighted by Gasteiger charge is -2.55. The summed E-state index contributed by atoms with van der Waals surface area (Å²) in [5.41, 5.74) is 5.98. The number of aliphatic hydroxyl groups is 2. The predicted octanol–water partition coefficient (Wildman–Crippen LogP) is 5.16. The fourth-order valence-electron chi connectivity index (χ4n) is 7.84. The highest BCUT2D eigenvalue weighted by molar-refractivity contribution is 5.93. The Morgan fingerprint density at radius 2 is 1.85 bits per heavy atom. The van der Waals surface area contributed by atoms with Crippen molar-refractivity contribution in [2.75, 3.05) is 25.6 Å². The summed E-state index contributed by atoms with van der Waals surface area (Å²) in [6, 6.07) is 8.98. The number of fused-ring (bicyclic) bond motifs is 4. The first-order chi connectivity index (χ1) is 15.8. The maximum absolute atomic E-state index is 12.2. The molecule has 0 saturated heterocycles. The smallest absolute Gasteiger partial charge is 0.156 e. The second kappa shape index (κ2) is 8.39. The van der Waals surface area contributed by atoms with E-state index in [9.17, 15) is 15.0 Å². The predicted molar refractivity (Wildman–Crippen MR) is 132 cm³/mol. The molecule has 2 N–H and O–H groups in total. The number of ketones is 1. The second-order valence-electron chi connectivity index (χ2n) is 11.4. The van der Waals surface area contributed by atoms with Gasteiger partial charge in [0.25, 0.3) is 0 Å². The molecule has 33 heavy (non-hydrogen) atoms. The number of rotatable bonds is 5. The van der Waals surface area contributed by atoms with Gasteiger partial charge in [-0.25, -0.2) is 0 Å². The minimum atomic E-state index is -0.711. The van der Waals surface area contributed by atoms with E-state index in [0.717, 1.165) is 38.5 Å². The minimum Gasteiger partial charge on any atom is -0.396 e. The summed E-state index contributed by atoms with van der Waals surface area (Å²) >= 11 is 0. The number of hydrogen-bond donors (Lipinski definition) is 2.